The van der Waals surface area contributed by atoms with E-state index < -0.39 is 27.1 Å². The van der Waals surface area contributed by atoms with Crippen molar-refractivity contribution in [1.29, 1.82) is 0 Å². The number of nitrogens with zero attached hydrogens (tertiary/aromatic N) is 2. The van der Waals surface area contributed by atoms with Crippen LogP contribution in [0.4, 0.5) is 4.79 Å². The fourth-order valence-electron chi connectivity index (χ4n) is 3.84. The molecule has 2 heterocycles. The van der Waals surface area contributed by atoms with Crippen molar-refractivity contribution in [2.75, 3.05) is 26.2 Å². The number of sulfonamides is 1. The van der Waals surface area contributed by atoms with Crippen molar-refractivity contribution >= 4 is 56.5 Å². The number of carbonyl (C=O) groups is 3. The van der Waals surface area contributed by atoms with Crippen LogP contribution >= 0.6 is 23.4 Å². The normalized spacial score (nSPS) is 18.3. The summed E-state index contributed by atoms with van der Waals surface area (Å²) in [6.07, 6.45) is 4.27. The number of benzene rings is 2. The number of hydrogen-bond acceptors (Lipinski definition) is 6. The van der Waals surface area contributed by atoms with Gasteiger partial charge in [-0.2, -0.15) is 4.31 Å². The Hall–Kier alpha value is -2.66. The maximum absolute atomic E-state index is 12.9. The third kappa shape index (κ3) is 5.95. The van der Waals surface area contributed by atoms with Gasteiger partial charge in [0, 0.05) is 36.8 Å². The van der Waals surface area contributed by atoms with Crippen LogP contribution in [-0.2, 0) is 14.8 Å². The third-order valence-electron chi connectivity index (χ3n) is 5.71. The second-order valence-corrected chi connectivity index (χ2v) is 11.5. The van der Waals surface area contributed by atoms with E-state index in [0.717, 1.165) is 41.5 Å². The van der Waals surface area contributed by atoms with Gasteiger partial charge in [0.05, 0.1) is 9.80 Å². The molecule has 0 aliphatic carbocycles. The predicted octanol–water partition coefficient (Wildman–Crippen LogP) is 3.98. The number of halogens is 1. The molecular weight excluding hydrogens is 510 g/mol. The predicted molar refractivity (Wildman–Crippen MR) is 136 cm³/mol. The Balaban J connectivity index is 1.36. The van der Waals surface area contributed by atoms with Crippen LogP contribution in [0.25, 0.3) is 6.08 Å². The molecule has 4 rings (SSSR count). The highest BCUT2D eigenvalue weighted by molar-refractivity contribution is 8.18. The van der Waals surface area contributed by atoms with Gasteiger partial charge in [0.25, 0.3) is 17.1 Å². The molecule has 2 aliphatic heterocycles. The monoisotopic (exact) mass is 533 g/mol. The summed E-state index contributed by atoms with van der Waals surface area (Å²) in [6, 6.07) is 12.8. The maximum Gasteiger partial charge on any atom is 0.293 e. The first-order chi connectivity index (χ1) is 16.8. The van der Waals surface area contributed by atoms with Crippen LogP contribution in [0.3, 0.4) is 0 Å². The number of nitrogens with one attached hydrogen (secondary N) is 1. The summed E-state index contributed by atoms with van der Waals surface area (Å²) in [5.41, 5.74) is 0.937. The molecular formula is C24H24ClN3O5S2. The Labute approximate surface area is 213 Å². The molecule has 35 heavy (non-hydrogen) atoms. The van der Waals surface area contributed by atoms with E-state index in [9.17, 15) is 22.8 Å². The molecule has 0 aromatic heterocycles. The van der Waals surface area contributed by atoms with E-state index in [4.69, 9.17) is 11.6 Å². The fraction of sp³-hybridized carbons (Fsp3) is 0.292. The fourth-order valence-corrected chi connectivity index (χ4v) is 6.39. The highest BCUT2D eigenvalue weighted by Crippen LogP contribution is 2.32. The highest BCUT2D eigenvalue weighted by Gasteiger charge is 2.34. The summed E-state index contributed by atoms with van der Waals surface area (Å²) >= 11 is 6.71. The number of imide groups is 1. The van der Waals surface area contributed by atoms with Crippen molar-refractivity contribution < 1.29 is 22.8 Å². The van der Waals surface area contributed by atoms with Crippen LogP contribution in [0.2, 0.25) is 5.02 Å². The summed E-state index contributed by atoms with van der Waals surface area (Å²) in [5, 5.41) is 2.81. The molecule has 1 N–H and O–H groups in total. The van der Waals surface area contributed by atoms with Gasteiger partial charge in [0.2, 0.25) is 10.0 Å². The van der Waals surface area contributed by atoms with Crippen molar-refractivity contribution in [2.24, 2.45) is 0 Å². The molecule has 0 bridgehead atoms. The van der Waals surface area contributed by atoms with Crippen LogP contribution in [0.1, 0.15) is 35.2 Å². The molecule has 11 heteroatoms. The lowest BCUT2D eigenvalue weighted by molar-refractivity contribution is -0.122. The molecule has 8 nitrogen and oxygen atoms in total. The summed E-state index contributed by atoms with van der Waals surface area (Å²) in [5.74, 6) is -0.914. The average Bonchev–Trinajstić information content (AvgIpc) is 3.13. The van der Waals surface area contributed by atoms with Crippen LogP contribution in [0.5, 0.6) is 0 Å². The van der Waals surface area contributed by atoms with E-state index in [2.05, 4.69) is 5.32 Å². The molecule has 0 unspecified atom stereocenters. The summed E-state index contributed by atoms with van der Waals surface area (Å²) < 4.78 is 27.2. The van der Waals surface area contributed by atoms with E-state index in [1.54, 1.807) is 30.3 Å². The van der Waals surface area contributed by atoms with Crippen LogP contribution in [0.15, 0.2) is 58.3 Å². The van der Waals surface area contributed by atoms with Gasteiger partial charge in [-0.3, -0.25) is 19.3 Å². The second kappa shape index (κ2) is 10.9. The molecule has 0 saturated carbocycles. The Kier molecular flexibility index (Phi) is 7.95. The zero-order valence-corrected chi connectivity index (χ0v) is 21.2. The second-order valence-electron chi connectivity index (χ2n) is 8.13. The average molecular weight is 534 g/mol. The Morgan fingerprint density at radius 1 is 1.06 bits per heavy atom. The highest BCUT2D eigenvalue weighted by atomic mass is 35.5. The van der Waals surface area contributed by atoms with Gasteiger partial charge in [0.1, 0.15) is 0 Å². The van der Waals surface area contributed by atoms with Crippen molar-refractivity contribution in [3.05, 3.63) is 69.6 Å². The summed E-state index contributed by atoms with van der Waals surface area (Å²) in [6.45, 7) is 0.987. The van der Waals surface area contributed by atoms with E-state index in [-0.39, 0.29) is 23.5 Å². The van der Waals surface area contributed by atoms with Crippen molar-refractivity contribution in [3.63, 3.8) is 0 Å². The third-order valence-corrected chi connectivity index (χ3v) is 8.77. The minimum atomic E-state index is -3.66. The molecule has 0 atom stereocenters. The van der Waals surface area contributed by atoms with Gasteiger partial charge in [0.15, 0.2) is 0 Å². The number of thioether (sulfide) groups is 1. The minimum Gasteiger partial charge on any atom is -0.350 e. The molecule has 0 radical (unpaired) electrons. The largest absolute Gasteiger partial charge is 0.350 e. The standard InChI is InChI=1S/C24H24ClN3O5S2/c25-19-9-7-17(8-10-19)15-21-23(30)28(24(31)34-21)14-11-26-22(29)18-5-4-6-20(16-18)35(32,33)27-12-2-1-3-13-27/h4-10,15-16H,1-3,11-14H2,(H,26,29). The topological polar surface area (TPSA) is 104 Å². The van der Waals surface area contributed by atoms with Gasteiger partial charge < -0.3 is 5.32 Å². The molecule has 3 amide bonds. The Morgan fingerprint density at radius 2 is 1.77 bits per heavy atom. The van der Waals surface area contributed by atoms with Crippen molar-refractivity contribution in [2.45, 2.75) is 24.2 Å². The molecule has 0 spiro atoms. The Bertz CT molecular complexity index is 1270. The molecule has 2 saturated heterocycles. The van der Waals surface area contributed by atoms with Crippen molar-refractivity contribution in [1.82, 2.24) is 14.5 Å². The van der Waals surface area contributed by atoms with E-state index in [0.29, 0.717) is 23.0 Å². The number of carbonyl (C=O) groups excluding carboxylic acids is 3. The first kappa shape index (κ1) is 25.4. The number of rotatable bonds is 7. The van der Waals surface area contributed by atoms with Gasteiger partial charge in [-0.1, -0.05) is 36.2 Å². The quantitative estimate of drug-likeness (QED) is 0.540. The molecule has 184 valence electrons. The lowest BCUT2D eigenvalue weighted by Gasteiger charge is -2.26. The van der Waals surface area contributed by atoms with Crippen LogP contribution in [-0.4, -0.2) is 60.9 Å². The number of hydrogen-bond donors (Lipinski definition) is 1. The van der Waals surface area contributed by atoms with Crippen molar-refractivity contribution in [3.8, 4) is 0 Å². The molecule has 2 fully saturated rings. The van der Waals surface area contributed by atoms with Gasteiger partial charge >= 0.3 is 0 Å². The summed E-state index contributed by atoms with van der Waals surface area (Å²) in [7, 11) is -3.66. The van der Waals surface area contributed by atoms with E-state index in [1.165, 1.54) is 28.6 Å². The SMILES string of the molecule is O=C(NCCN1C(=O)SC(=Cc2ccc(Cl)cc2)C1=O)c1cccc(S(=O)(=O)N2CCCCC2)c1. The molecule has 2 aliphatic rings. The number of amides is 3. The zero-order chi connectivity index (χ0) is 25.0. The van der Waals surface area contributed by atoms with Crippen LogP contribution in [0, 0.1) is 0 Å². The van der Waals surface area contributed by atoms with E-state index in [1.807, 2.05) is 0 Å². The Morgan fingerprint density at radius 3 is 2.49 bits per heavy atom. The van der Waals surface area contributed by atoms with Crippen LogP contribution < -0.4 is 5.32 Å². The van der Waals surface area contributed by atoms with Gasteiger partial charge in [-0.05, 0) is 66.6 Å². The maximum atomic E-state index is 12.9. The summed E-state index contributed by atoms with van der Waals surface area (Å²) in [4.78, 5) is 39.0. The van der Waals surface area contributed by atoms with E-state index >= 15 is 0 Å². The number of piperidine rings is 1. The zero-order valence-electron chi connectivity index (χ0n) is 18.8. The van der Waals surface area contributed by atoms with Gasteiger partial charge in [-0.25, -0.2) is 8.42 Å². The lowest BCUT2D eigenvalue weighted by atomic mass is 10.2. The molecule has 2 aromatic carbocycles. The first-order valence-electron chi connectivity index (χ1n) is 11.1. The smallest absolute Gasteiger partial charge is 0.293 e. The first-order valence-corrected chi connectivity index (χ1v) is 13.8. The van der Waals surface area contributed by atoms with Gasteiger partial charge in [-0.15, -0.1) is 0 Å². The lowest BCUT2D eigenvalue weighted by Crippen LogP contribution is -2.37. The molecule has 2 aromatic rings. The minimum absolute atomic E-state index is 0.000131.